The first-order chi connectivity index (χ1) is 10.7. The lowest BCUT2D eigenvalue weighted by Crippen LogP contribution is -2.29. The third-order valence-electron chi connectivity index (χ3n) is 4.16. The summed E-state index contributed by atoms with van der Waals surface area (Å²) in [4.78, 5) is 19.7. The molecule has 1 aromatic carbocycles. The quantitative estimate of drug-likeness (QED) is 0.739. The number of nitrogens with one attached hydrogen (secondary N) is 2. The molecule has 1 atom stereocenters. The van der Waals surface area contributed by atoms with Crippen molar-refractivity contribution in [2.45, 2.75) is 52.4 Å². The fourth-order valence-corrected chi connectivity index (χ4v) is 2.65. The smallest absolute Gasteiger partial charge is 0.220 e. The normalized spacial score (nSPS) is 12.5. The fraction of sp³-hybridized carbons (Fsp3) is 0.556. The molecule has 4 heteroatoms. The first kappa shape index (κ1) is 16.5. The SMILES string of the molecule is CCCCC(CC)CNC(=O)CCc1nc2ccccc2[nH]1. The first-order valence-corrected chi connectivity index (χ1v) is 8.43. The Morgan fingerprint density at radius 3 is 2.86 bits per heavy atom. The highest BCUT2D eigenvalue weighted by molar-refractivity contribution is 5.77. The van der Waals surface area contributed by atoms with Crippen LogP contribution in [0.3, 0.4) is 0 Å². The third-order valence-corrected chi connectivity index (χ3v) is 4.16. The van der Waals surface area contributed by atoms with Crippen LogP contribution in [-0.2, 0) is 11.2 Å². The van der Waals surface area contributed by atoms with E-state index in [1.807, 2.05) is 24.3 Å². The molecule has 1 aromatic heterocycles. The monoisotopic (exact) mass is 301 g/mol. The van der Waals surface area contributed by atoms with Gasteiger partial charge in [-0.1, -0.05) is 45.2 Å². The molecule has 0 fully saturated rings. The van der Waals surface area contributed by atoms with Crippen molar-refractivity contribution in [1.82, 2.24) is 15.3 Å². The second kappa shape index (κ2) is 8.57. The van der Waals surface area contributed by atoms with E-state index >= 15 is 0 Å². The van der Waals surface area contributed by atoms with Crippen molar-refractivity contribution >= 4 is 16.9 Å². The Kier molecular flexibility index (Phi) is 6.44. The van der Waals surface area contributed by atoms with Crippen LogP contribution in [0.1, 0.15) is 51.8 Å². The van der Waals surface area contributed by atoms with E-state index < -0.39 is 0 Å². The highest BCUT2D eigenvalue weighted by Gasteiger charge is 2.09. The van der Waals surface area contributed by atoms with Gasteiger partial charge in [0.2, 0.25) is 5.91 Å². The van der Waals surface area contributed by atoms with E-state index in [1.165, 1.54) is 19.3 Å². The Balaban J connectivity index is 1.75. The van der Waals surface area contributed by atoms with Crippen LogP contribution < -0.4 is 5.32 Å². The van der Waals surface area contributed by atoms with Gasteiger partial charge in [0, 0.05) is 19.4 Å². The maximum atomic E-state index is 12.0. The summed E-state index contributed by atoms with van der Waals surface area (Å²) in [6.45, 7) is 5.20. The summed E-state index contributed by atoms with van der Waals surface area (Å²) < 4.78 is 0. The van der Waals surface area contributed by atoms with Gasteiger partial charge in [0.1, 0.15) is 5.82 Å². The molecule has 1 heterocycles. The number of nitrogens with zero attached hydrogens (tertiary/aromatic N) is 1. The predicted octanol–water partition coefficient (Wildman–Crippen LogP) is 3.83. The molecule has 0 radical (unpaired) electrons. The number of carbonyl (C=O) groups is 1. The molecular weight excluding hydrogens is 274 g/mol. The second-order valence-electron chi connectivity index (χ2n) is 5.92. The third kappa shape index (κ3) is 4.86. The molecule has 0 saturated carbocycles. The Bertz CT molecular complexity index is 558. The lowest BCUT2D eigenvalue weighted by Gasteiger charge is -2.15. The number of hydrogen-bond donors (Lipinski definition) is 2. The summed E-state index contributed by atoms with van der Waals surface area (Å²) in [7, 11) is 0. The molecule has 2 rings (SSSR count). The van der Waals surface area contributed by atoms with Crippen LogP contribution >= 0.6 is 0 Å². The summed E-state index contributed by atoms with van der Waals surface area (Å²) in [5.41, 5.74) is 1.99. The minimum atomic E-state index is 0.121. The van der Waals surface area contributed by atoms with Crippen LogP contribution in [-0.4, -0.2) is 22.4 Å². The van der Waals surface area contributed by atoms with E-state index in [0.717, 1.165) is 29.8 Å². The molecule has 120 valence electrons. The number of unbranched alkanes of at least 4 members (excludes halogenated alkanes) is 1. The first-order valence-electron chi connectivity index (χ1n) is 8.43. The lowest BCUT2D eigenvalue weighted by molar-refractivity contribution is -0.121. The van der Waals surface area contributed by atoms with Crippen LogP contribution in [0.25, 0.3) is 11.0 Å². The van der Waals surface area contributed by atoms with Gasteiger partial charge in [-0.3, -0.25) is 4.79 Å². The van der Waals surface area contributed by atoms with Crippen molar-refractivity contribution in [3.63, 3.8) is 0 Å². The van der Waals surface area contributed by atoms with E-state index in [0.29, 0.717) is 18.8 Å². The predicted molar refractivity (Wildman–Crippen MR) is 90.7 cm³/mol. The number of para-hydroxylation sites is 2. The van der Waals surface area contributed by atoms with Crippen LogP contribution in [0, 0.1) is 5.92 Å². The zero-order valence-corrected chi connectivity index (χ0v) is 13.7. The molecule has 22 heavy (non-hydrogen) atoms. The number of fused-ring (bicyclic) bond motifs is 1. The zero-order valence-electron chi connectivity index (χ0n) is 13.7. The van der Waals surface area contributed by atoms with Gasteiger partial charge in [-0.15, -0.1) is 0 Å². The van der Waals surface area contributed by atoms with Gasteiger partial charge in [-0.2, -0.15) is 0 Å². The van der Waals surface area contributed by atoms with E-state index in [-0.39, 0.29) is 5.91 Å². The molecule has 0 spiro atoms. The van der Waals surface area contributed by atoms with E-state index in [1.54, 1.807) is 0 Å². The van der Waals surface area contributed by atoms with Crippen LogP contribution in [0.2, 0.25) is 0 Å². The molecule has 4 nitrogen and oxygen atoms in total. The minimum Gasteiger partial charge on any atom is -0.356 e. The van der Waals surface area contributed by atoms with E-state index in [2.05, 4.69) is 29.1 Å². The van der Waals surface area contributed by atoms with E-state index in [4.69, 9.17) is 0 Å². The molecule has 0 saturated heterocycles. The molecule has 1 amide bonds. The van der Waals surface area contributed by atoms with Crippen LogP contribution in [0.5, 0.6) is 0 Å². The van der Waals surface area contributed by atoms with Crippen molar-refractivity contribution in [2.24, 2.45) is 5.92 Å². The van der Waals surface area contributed by atoms with E-state index in [9.17, 15) is 4.79 Å². The van der Waals surface area contributed by atoms with Crippen molar-refractivity contribution < 1.29 is 4.79 Å². The van der Waals surface area contributed by atoms with Crippen LogP contribution in [0.15, 0.2) is 24.3 Å². The van der Waals surface area contributed by atoms with Crippen molar-refractivity contribution in [2.75, 3.05) is 6.54 Å². The number of amides is 1. The van der Waals surface area contributed by atoms with Crippen molar-refractivity contribution in [1.29, 1.82) is 0 Å². The topological polar surface area (TPSA) is 57.8 Å². The number of hydrogen-bond acceptors (Lipinski definition) is 2. The zero-order chi connectivity index (χ0) is 15.8. The van der Waals surface area contributed by atoms with Gasteiger partial charge in [0.25, 0.3) is 0 Å². The molecule has 0 aliphatic rings. The second-order valence-corrected chi connectivity index (χ2v) is 5.92. The number of benzene rings is 1. The Morgan fingerprint density at radius 2 is 2.14 bits per heavy atom. The summed E-state index contributed by atoms with van der Waals surface area (Å²) in [6.07, 6.45) is 5.95. The van der Waals surface area contributed by atoms with Crippen molar-refractivity contribution in [3.05, 3.63) is 30.1 Å². The minimum absolute atomic E-state index is 0.121. The van der Waals surface area contributed by atoms with Gasteiger partial charge in [-0.25, -0.2) is 4.98 Å². The van der Waals surface area contributed by atoms with Crippen molar-refractivity contribution in [3.8, 4) is 0 Å². The Hall–Kier alpha value is -1.84. The molecule has 2 aromatic rings. The summed E-state index contributed by atoms with van der Waals surface area (Å²) in [5, 5.41) is 3.07. The van der Waals surface area contributed by atoms with Gasteiger partial charge >= 0.3 is 0 Å². The Labute approximate surface area is 132 Å². The molecule has 0 aliphatic carbocycles. The Morgan fingerprint density at radius 1 is 1.32 bits per heavy atom. The number of aromatic amines is 1. The molecule has 2 N–H and O–H groups in total. The number of H-pyrrole nitrogens is 1. The molecular formula is C18H27N3O. The summed E-state index contributed by atoms with van der Waals surface area (Å²) in [5.74, 6) is 1.61. The lowest BCUT2D eigenvalue weighted by atomic mass is 9.99. The van der Waals surface area contributed by atoms with Gasteiger partial charge in [0.05, 0.1) is 11.0 Å². The molecule has 0 aliphatic heterocycles. The maximum Gasteiger partial charge on any atom is 0.220 e. The number of aryl methyl sites for hydroxylation is 1. The standard InChI is InChI=1S/C18H27N3O/c1-3-5-8-14(4-2)13-19-18(22)12-11-17-20-15-9-6-7-10-16(15)21-17/h6-7,9-10,14H,3-5,8,11-13H2,1-2H3,(H,19,22)(H,20,21). The van der Waals surface area contributed by atoms with Gasteiger partial charge in [-0.05, 0) is 24.5 Å². The number of imidazole rings is 1. The number of aromatic nitrogens is 2. The van der Waals surface area contributed by atoms with Gasteiger partial charge < -0.3 is 10.3 Å². The number of rotatable bonds is 9. The largest absolute Gasteiger partial charge is 0.356 e. The highest BCUT2D eigenvalue weighted by atomic mass is 16.1. The fourth-order valence-electron chi connectivity index (χ4n) is 2.65. The summed E-state index contributed by atoms with van der Waals surface area (Å²) in [6, 6.07) is 7.94. The average Bonchev–Trinajstić information content (AvgIpc) is 2.96. The maximum absolute atomic E-state index is 12.0. The average molecular weight is 301 g/mol. The van der Waals surface area contributed by atoms with Crippen LogP contribution in [0.4, 0.5) is 0 Å². The van der Waals surface area contributed by atoms with Gasteiger partial charge in [0.15, 0.2) is 0 Å². The highest BCUT2D eigenvalue weighted by Crippen LogP contribution is 2.12. The number of carbonyl (C=O) groups excluding carboxylic acids is 1. The summed E-state index contributed by atoms with van der Waals surface area (Å²) >= 11 is 0. The molecule has 0 bridgehead atoms. The molecule has 1 unspecified atom stereocenters.